The van der Waals surface area contributed by atoms with Crippen LogP contribution in [0.4, 0.5) is 0 Å². The van der Waals surface area contributed by atoms with Crippen LogP contribution in [-0.2, 0) is 9.53 Å². The molecule has 0 aromatic rings. The zero-order valence-electron chi connectivity index (χ0n) is 10.9. The van der Waals surface area contributed by atoms with Crippen LogP contribution in [0.3, 0.4) is 0 Å². The fraction of sp³-hybridized carbons (Fsp3) is 0.917. The molecule has 0 aromatic carbocycles. The molecule has 1 aliphatic rings. The van der Waals surface area contributed by atoms with E-state index in [1.54, 1.807) is 4.90 Å². The molecule has 1 saturated heterocycles. The Balaban J connectivity index is 2.73. The minimum Gasteiger partial charge on any atom is -0.394 e. The Kier molecular flexibility index (Phi) is 4.98. The quantitative estimate of drug-likeness (QED) is 0.802. The number of carbonyl (C=O) groups excluding carboxylic acids is 1. The number of hydrogen-bond acceptors (Lipinski definition) is 3. The van der Waals surface area contributed by atoms with Crippen molar-refractivity contribution >= 4 is 21.8 Å². The molecule has 1 N–H and O–H groups in total. The van der Waals surface area contributed by atoms with Gasteiger partial charge in [-0.2, -0.15) is 0 Å². The summed E-state index contributed by atoms with van der Waals surface area (Å²) >= 11 is 3.43. The molecule has 5 heteroatoms. The van der Waals surface area contributed by atoms with Crippen LogP contribution in [0.15, 0.2) is 0 Å². The first-order chi connectivity index (χ1) is 7.76. The van der Waals surface area contributed by atoms with Gasteiger partial charge in [0.05, 0.1) is 23.1 Å². The molecule has 0 saturated carbocycles. The van der Waals surface area contributed by atoms with Crippen molar-refractivity contribution in [2.24, 2.45) is 5.92 Å². The second-order valence-electron chi connectivity index (χ2n) is 5.55. The maximum Gasteiger partial charge on any atom is 0.236 e. The number of aliphatic hydroxyl groups is 1. The molecule has 1 rings (SSSR count). The van der Waals surface area contributed by atoms with Gasteiger partial charge in [0.25, 0.3) is 0 Å². The smallest absolute Gasteiger partial charge is 0.236 e. The van der Waals surface area contributed by atoms with Crippen LogP contribution in [0.1, 0.15) is 27.7 Å². The molecule has 4 nitrogen and oxygen atoms in total. The summed E-state index contributed by atoms with van der Waals surface area (Å²) in [7, 11) is 0. The summed E-state index contributed by atoms with van der Waals surface area (Å²) < 4.78 is 5.68. The van der Waals surface area contributed by atoms with Crippen molar-refractivity contribution in [1.29, 1.82) is 0 Å². The molecule has 0 bridgehead atoms. The molecule has 2 atom stereocenters. The Morgan fingerprint density at radius 2 is 2.18 bits per heavy atom. The summed E-state index contributed by atoms with van der Waals surface area (Å²) in [5, 5.41) is 9.20. The molecule has 1 aliphatic heterocycles. The van der Waals surface area contributed by atoms with Crippen LogP contribution in [0.2, 0.25) is 0 Å². The second-order valence-corrected chi connectivity index (χ2v) is 6.53. The van der Waals surface area contributed by atoms with E-state index in [0.29, 0.717) is 13.1 Å². The third-order valence-electron chi connectivity index (χ3n) is 2.82. The van der Waals surface area contributed by atoms with Gasteiger partial charge in [-0.3, -0.25) is 4.79 Å². The van der Waals surface area contributed by atoms with Crippen LogP contribution in [-0.4, -0.2) is 52.1 Å². The van der Waals surface area contributed by atoms with Crippen LogP contribution < -0.4 is 0 Å². The Hall–Kier alpha value is -0.130. The fourth-order valence-electron chi connectivity index (χ4n) is 2.02. The topological polar surface area (TPSA) is 49.8 Å². The molecule has 1 heterocycles. The number of hydrogen-bond donors (Lipinski definition) is 1. The fourth-order valence-corrected chi connectivity index (χ4v) is 2.31. The van der Waals surface area contributed by atoms with Crippen LogP contribution in [0.5, 0.6) is 0 Å². The maximum absolute atomic E-state index is 12.2. The largest absolute Gasteiger partial charge is 0.394 e. The Bertz CT molecular complexity index is 281. The number of aliphatic hydroxyl groups excluding tert-OH is 1. The first kappa shape index (κ1) is 14.9. The van der Waals surface area contributed by atoms with Gasteiger partial charge in [0.15, 0.2) is 0 Å². The SMILES string of the molecule is CC(C)C(Br)C(=O)N1CC(CO)OC(C)(C)C1. The van der Waals surface area contributed by atoms with Crippen LogP contribution in [0, 0.1) is 5.92 Å². The van der Waals surface area contributed by atoms with Gasteiger partial charge in [-0.1, -0.05) is 29.8 Å². The van der Waals surface area contributed by atoms with Crippen molar-refractivity contribution in [2.75, 3.05) is 19.7 Å². The molecule has 1 fully saturated rings. The number of nitrogens with zero attached hydrogens (tertiary/aromatic N) is 1. The lowest BCUT2D eigenvalue weighted by molar-refractivity contribution is -0.166. The highest BCUT2D eigenvalue weighted by Crippen LogP contribution is 2.24. The molecule has 17 heavy (non-hydrogen) atoms. The zero-order valence-corrected chi connectivity index (χ0v) is 12.5. The highest BCUT2D eigenvalue weighted by molar-refractivity contribution is 9.10. The monoisotopic (exact) mass is 307 g/mol. The van der Waals surface area contributed by atoms with Crippen molar-refractivity contribution in [1.82, 2.24) is 4.90 Å². The number of ether oxygens (including phenoxy) is 1. The van der Waals surface area contributed by atoms with E-state index in [-0.39, 0.29) is 29.4 Å². The van der Waals surface area contributed by atoms with Crippen LogP contribution >= 0.6 is 15.9 Å². The summed E-state index contributed by atoms with van der Waals surface area (Å²) in [5.74, 6) is 0.329. The van der Waals surface area contributed by atoms with Crippen molar-refractivity contribution in [3.05, 3.63) is 0 Å². The first-order valence-electron chi connectivity index (χ1n) is 5.98. The number of rotatable bonds is 3. The van der Waals surface area contributed by atoms with Crippen molar-refractivity contribution in [3.8, 4) is 0 Å². The average Bonchev–Trinajstić information content (AvgIpc) is 2.24. The third-order valence-corrected chi connectivity index (χ3v) is 4.27. The summed E-state index contributed by atoms with van der Waals surface area (Å²) in [6.07, 6.45) is -0.283. The summed E-state index contributed by atoms with van der Waals surface area (Å²) in [4.78, 5) is 13.8. The lowest BCUT2D eigenvalue weighted by atomic mass is 10.0. The van der Waals surface area contributed by atoms with Gasteiger partial charge in [-0.15, -0.1) is 0 Å². The van der Waals surface area contributed by atoms with Crippen molar-refractivity contribution < 1.29 is 14.6 Å². The predicted octanol–water partition coefficient (Wildman–Crippen LogP) is 1.40. The minimum absolute atomic E-state index is 0.0537. The van der Waals surface area contributed by atoms with Gasteiger partial charge in [-0.25, -0.2) is 0 Å². The third kappa shape index (κ3) is 3.93. The average molecular weight is 308 g/mol. The predicted molar refractivity (Wildman–Crippen MR) is 70.2 cm³/mol. The minimum atomic E-state index is -0.398. The molecule has 0 aliphatic carbocycles. The van der Waals surface area contributed by atoms with E-state index in [1.807, 2.05) is 27.7 Å². The van der Waals surface area contributed by atoms with Gasteiger partial charge in [-0.05, 0) is 19.8 Å². The number of alkyl halides is 1. The highest BCUT2D eigenvalue weighted by Gasteiger charge is 2.37. The van der Waals surface area contributed by atoms with E-state index in [9.17, 15) is 9.90 Å². The van der Waals surface area contributed by atoms with Crippen molar-refractivity contribution in [2.45, 2.75) is 44.2 Å². The molecule has 0 radical (unpaired) electrons. The molecular weight excluding hydrogens is 286 g/mol. The molecule has 2 unspecified atom stereocenters. The normalized spacial score (nSPS) is 26.1. The Morgan fingerprint density at radius 3 is 2.65 bits per heavy atom. The lowest BCUT2D eigenvalue weighted by Crippen LogP contribution is -2.57. The van der Waals surface area contributed by atoms with Gasteiger partial charge < -0.3 is 14.7 Å². The van der Waals surface area contributed by atoms with E-state index < -0.39 is 5.60 Å². The van der Waals surface area contributed by atoms with E-state index >= 15 is 0 Å². The molecule has 100 valence electrons. The van der Waals surface area contributed by atoms with E-state index in [2.05, 4.69) is 15.9 Å². The van der Waals surface area contributed by atoms with E-state index in [1.165, 1.54) is 0 Å². The summed E-state index contributed by atoms with van der Waals surface area (Å²) in [6, 6.07) is 0. The molecule has 1 amide bonds. The van der Waals surface area contributed by atoms with E-state index in [4.69, 9.17) is 4.74 Å². The zero-order chi connectivity index (χ0) is 13.2. The van der Waals surface area contributed by atoms with Crippen LogP contribution in [0.25, 0.3) is 0 Å². The molecule has 0 spiro atoms. The van der Waals surface area contributed by atoms with Gasteiger partial charge >= 0.3 is 0 Å². The highest BCUT2D eigenvalue weighted by atomic mass is 79.9. The van der Waals surface area contributed by atoms with Gasteiger partial charge in [0.1, 0.15) is 0 Å². The number of carbonyl (C=O) groups is 1. The molecular formula is C12H22BrNO3. The number of morpholine rings is 1. The second kappa shape index (κ2) is 5.67. The lowest BCUT2D eigenvalue weighted by Gasteiger charge is -2.43. The molecule has 0 aromatic heterocycles. The summed E-state index contributed by atoms with van der Waals surface area (Å²) in [5.41, 5.74) is -0.398. The number of halogens is 1. The van der Waals surface area contributed by atoms with Gasteiger partial charge in [0.2, 0.25) is 5.91 Å². The summed E-state index contributed by atoms with van der Waals surface area (Å²) in [6.45, 7) is 8.87. The van der Waals surface area contributed by atoms with Crippen molar-refractivity contribution in [3.63, 3.8) is 0 Å². The van der Waals surface area contributed by atoms with E-state index in [0.717, 1.165) is 0 Å². The Labute approximate surface area is 111 Å². The number of amides is 1. The standard InChI is InChI=1S/C12H22BrNO3/c1-8(2)10(13)11(16)14-5-9(6-15)17-12(3,4)7-14/h8-10,15H,5-7H2,1-4H3. The first-order valence-corrected chi connectivity index (χ1v) is 6.90. The van der Waals surface area contributed by atoms with Gasteiger partial charge in [0, 0.05) is 13.1 Å². The Morgan fingerprint density at radius 1 is 1.59 bits per heavy atom. The maximum atomic E-state index is 12.2.